The van der Waals surface area contributed by atoms with Crippen LogP contribution >= 0.6 is 0 Å². The van der Waals surface area contributed by atoms with Gasteiger partial charge in [0.05, 0.1) is 7.11 Å². The highest BCUT2D eigenvalue weighted by Gasteiger charge is 2.29. The summed E-state index contributed by atoms with van der Waals surface area (Å²) < 4.78 is 5.16. The lowest BCUT2D eigenvalue weighted by atomic mass is 9.99. The molecular weight excluding hydrogens is 202 g/mol. The number of piperazine rings is 1. The van der Waals surface area contributed by atoms with E-state index in [1.807, 2.05) is 12.1 Å². The molecular formula is C12H19N3O. The van der Waals surface area contributed by atoms with Crippen molar-refractivity contribution in [2.75, 3.05) is 31.6 Å². The second-order valence-electron chi connectivity index (χ2n) is 4.70. The van der Waals surface area contributed by atoms with Gasteiger partial charge in [-0.25, -0.2) is 4.98 Å². The Labute approximate surface area is 96.6 Å². The lowest BCUT2D eigenvalue weighted by molar-refractivity contribution is 0.376. The molecule has 0 bridgehead atoms. The van der Waals surface area contributed by atoms with Crippen molar-refractivity contribution < 1.29 is 4.74 Å². The van der Waals surface area contributed by atoms with Gasteiger partial charge in [-0.1, -0.05) is 0 Å². The first-order valence-corrected chi connectivity index (χ1v) is 5.62. The summed E-state index contributed by atoms with van der Waals surface area (Å²) in [6.07, 6.45) is 1.80. The first-order valence-electron chi connectivity index (χ1n) is 5.62. The third kappa shape index (κ3) is 2.11. The third-order valence-corrected chi connectivity index (χ3v) is 3.04. The number of aromatic nitrogens is 1. The van der Waals surface area contributed by atoms with Gasteiger partial charge in [-0.3, -0.25) is 0 Å². The van der Waals surface area contributed by atoms with Crippen molar-refractivity contribution in [2.24, 2.45) is 0 Å². The van der Waals surface area contributed by atoms with E-state index < -0.39 is 0 Å². The zero-order valence-electron chi connectivity index (χ0n) is 10.2. The topological polar surface area (TPSA) is 37.4 Å². The zero-order chi connectivity index (χ0) is 11.6. The normalized spacial score (nSPS) is 19.6. The molecule has 88 valence electrons. The van der Waals surface area contributed by atoms with Crippen LogP contribution in [0.2, 0.25) is 0 Å². The maximum Gasteiger partial charge on any atom is 0.214 e. The fourth-order valence-electron chi connectivity index (χ4n) is 2.14. The van der Waals surface area contributed by atoms with Crippen LogP contribution in [0.15, 0.2) is 18.3 Å². The Morgan fingerprint density at radius 3 is 3.00 bits per heavy atom. The van der Waals surface area contributed by atoms with E-state index in [4.69, 9.17) is 4.74 Å². The Balaban J connectivity index is 2.27. The van der Waals surface area contributed by atoms with Crippen LogP contribution in [-0.2, 0) is 0 Å². The van der Waals surface area contributed by atoms with Gasteiger partial charge in [0, 0.05) is 43.1 Å². The van der Waals surface area contributed by atoms with Crippen LogP contribution in [0.25, 0.3) is 0 Å². The van der Waals surface area contributed by atoms with Crippen molar-refractivity contribution in [2.45, 2.75) is 19.4 Å². The van der Waals surface area contributed by atoms with Crippen molar-refractivity contribution in [3.05, 3.63) is 18.3 Å². The predicted molar refractivity (Wildman–Crippen MR) is 65.1 cm³/mol. The van der Waals surface area contributed by atoms with E-state index in [1.54, 1.807) is 13.3 Å². The Bertz CT molecular complexity index is 365. The SMILES string of the molecule is COc1cc(N2CCNCC2(C)C)ccn1. The summed E-state index contributed by atoms with van der Waals surface area (Å²) >= 11 is 0. The first kappa shape index (κ1) is 11.2. The Kier molecular flexibility index (Phi) is 3.01. The van der Waals surface area contributed by atoms with Crippen molar-refractivity contribution >= 4 is 5.69 Å². The van der Waals surface area contributed by atoms with Crippen molar-refractivity contribution in [1.29, 1.82) is 0 Å². The number of rotatable bonds is 2. The van der Waals surface area contributed by atoms with Crippen LogP contribution < -0.4 is 15.0 Å². The molecule has 1 fully saturated rings. The second-order valence-corrected chi connectivity index (χ2v) is 4.70. The number of pyridine rings is 1. The molecule has 1 N–H and O–H groups in total. The molecule has 4 heteroatoms. The fourth-order valence-corrected chi connectivity index (χ4v) is 2.14. The van der Waals surface area contributed by atoms with Crippen LogP contribution in [0.5, 0.6) is 5.88 Å². The summed E-state index contributed by atoms with van der Waals surface area (Å²) in [6, 6.07) is 4.03. The molecule has 1 aromatic rings. The van der Waals surface area contributed by atoms with E-state index in [0.29, 0.717) is 5.88 Å². The predicted octanol–water partition coefficient (Wildman–Crippen LogP) is 1.28. The van der Waals surface area contributed by atoms with Gasteiger partial charge in [-0.05, 0) is 19.9 Å². The highest BCUT2D eigenvalue weighted by Crippen LogP contribution is 2.26. The molecule has 0 aromatic carbocycles. The van der Waals surface area contributed by atoms with E-state index in [-0.39, 0.29) is 5.54 Å². The molecule has 1 aliphatic rings. The standard InChI is InChI=1S/C12H19N3O/c1-12(2)9-13-6-7-15(12)10-4-5-14-11(8-10)16-3/h4-5,8,13H,6-7,9H2,1-3H3. The number of hydrogen-bond donors (Lipinski definition) is 1. The van der Waals surface area contributed by atoms with E-state index in [2.05, 4.69) is 29.0 Å². The smallest absolute Gasteiger partial charge is 0.214 e. The number of hydrogen-bond acceptors (Lipinski definition) is 4. The largest absolute Gasteiger partial charge is 0.481 e. The van der Waals surface area contributed by atoms with Gasteiger partial charge in [-0.2, -0.15) is 0 Å². The third-order valence-electron chi connectivity index (χ3n) is 3.04. The molecule has 0 saturated carbocycles. The maximum atomic E-state index is 5.16. The summed E-state index contributed by atoms with van der Waals surface area (Å²) in [5, 5.41) is 3.41. The molecule has 0 amide bonds. The molecule has 16 heavy (non-hydrogen) atoms. The molecule has 1 aromatic heterocycles. The Hall–Kier alpha value is -1.29. The Morgan fingerprint density at radius 1 is 1.50 bits per heavy atom. The van der Waals surface area contributed by atoms with Crippen LogP contribution in [0, 0.1) is 0 Å². The van der Waals surface area contributed by atoms with E-state index >= 15 is 0 Å². The molecule has 4 nitrogen and oxygen atoms in total. The minimum absolute atomic E-state index is 0.130. The van der Waals surface area contributed by atoms with Gasteiger partial charge in [0.25, 0.3) is 0 Å². The second kappa shape index (κ2) is 4.29. The van der Waals surface area contributed by atoms with Crippen LogP contribution in [0.1, 0.15) is 13.8 Å². The summed E-state index contributed by atoms with van der Waals surface area (Å²) in [5.41, 5.74) is 1.31. The number of ether oxygens (including phenoxy) is 1. The van der Waals surface area contributed by atoms with Gasteiger partial charge in [0.15, 0.2) is 0 Å². The number of nitrogens with one attached hydrogen (secondary N) is 1. The van der Waals surface area contributed by atoms with E-state index in [0.717, 1.165) is 19.6 Å². The fraction of sp³-hybridized carbons (Fsp3) is 0.583. The van der Waals surface area contributed by atoms with Gasteiger partial charge in [0.2, 0.25) is 5.88 Å². The maximum absolute atomic E-state index is 5.16. The molecule has 0 atom stereocenters. The highest BCUT2D eigenvalue weighted by atomic mass is 16.5. The minimum atomic E-state index is 0.130. The molecule has 2 heterocycles. The number of nitrogens with zero attached hydrogens (tertiary/aromatic N) is 2. The van der Waals surface area contributed by atoms with Gasteiger partial charge in [-0.15, -0.1) is 0 Å². The highest BCUT2D eigenvalue weighted by molar-refractivity contribution is 5.51. The van der Waals surface area contributed by atoms with Crippen molar-refractivity contribution in [1.82, 2.24) is 10.3 Å². The molecule has 2 rings (SSSR count). The average Bonchev–Trinajstić information content (AvgIpc) is 2.28. The minimum Gasteiger partial charge on any atom is -0.481 e. The van der Waals surface area contributed by atoms with Gasteiger partial charge >= 0.3 is 0 Å². The van der Waals surface area contributed by atoms with Gasteiger partial charge < -0.3 is 15.0 Å². The lowest BCUT2D eigenvalue weighted by Gasteiger charge is -2.44. The monoisotopic (exact) mass is 221 g/mol. The summed E-state index contributed by atoms with van der Waals surface area (Å²) in [5.74, 6) is 0.673. The van der Waals surface area contributed by atoms with Crippen LogP contribution in [0.3, 0.4) is 0 Å². The quantitative estimate of drug-likeness (QED) is 0.816. The molecule has 1 aliphatic heterocycles. The number of methoxy groups -OCH3 is 1. The summed E-state index contributed by atoms with van der Waals surface area (Å²) in [4.78, 5) is 6.53. The summed E-state index contributed by atoms with van der Waals surface area (Å²) in [7, 11) is 1.65. The molecule has 0 spiro atoms. The molecule has 1 saturated heterocycles. The Morgan fingerprint density at radius 2 is 2.31 bits per heavy atom. The van der Waals surface area contributed by atoms with Gasteiger partial charge in [0.1, 0.15) is 0 Å². The molecule has 0 unspecified atom stereocenters. The van der Waals surface area contributed by atoms with Crippen molar-refractivity contribution in [3.63, 3.8) is 0 Å². The number of anilines is 1. The average molecular weight is 221 g/mol. The van der Waals surface area contributed by atoms with Crippen LogP contribution in [-0.4, -0.2) is 37.3 Å². The zero-order valence-corrected chi connectivity index (χ0v) is 10.2. The molecule has 0 aliphatic carbocycles. The summed E-state index contributed by atoms with van der Waals surface area (Å²) in [6.45, 7) is 7.52. The first-order chi connectivity index (χ1) is 7.63. The van der Waals surface area contributed by atoms with E-state index in [1.165, 1.54) is 5.69 Å². The van der Waals surface area contributed by atoms with Crippen LogP contribution in [0.4, 0.5) is 5.69 Å². The molecule has 0 radical (unpaired) electrons. The lowest BCUT2D eigenvalue weighted by Crippen LogP contribution is -2.58. The van der Waals surface area contributed by atoms with Crippen molar-refractivity contribution in [3.8, 4) is 5.88 Å². The van der Waals surface area contributed by atoms with E-state index in [9.17, 15) is 0 Å².